The van der Waals surface area contributed by atoms with Crippen molar-refractivity contribution in [3.05, 3.63) is 63.6 Å². The zero-order valence-corrected chi connectivity index (χ0v) is 17.6. The van der Waals surface area contributed by atoms with E-state index >= 15 is 0 Å². The number of carbonyl (C=O) groups excluding carboxylic acids is 2. The van der Waals surface area contributed by atoms with Crippen molar-refractivity contribution in [1.29, 1.82) is 0 Å². The van der Waals surface area contributed by atoms with Crippen LogP contribution < -0.4 is 20.9 Å². The Morgan fingerprint density at radius 1 is 1.20 bits per heavy atom. The quantitative estimate of drug-likeness (QED) is 0.643. The van der Waals surface area contributed by atoms with Crippen LogP contribution in [0, 0.1) is 0 Å². The van der Waals surface area contributed by atoms with Gasteiger partial charge in [0.2, 0.25) is 0 Å². The second-order valence-electron chi connectivity index (χ2n) is 7.70. The summed E-state index contributed by atoms with van der Waals surface area (Å²) in [4.78, 5) is 39.6. The standard InChI is InChI=1S/C22H28N4O4/c1-23-21(28)19-12-16(20(27)24-17-7-8-17)14-26(22(19)29)13-15-5-4-6-18(11-15)30-10-9-25(2)3/h4-6,11-12,14,17H,7-10,13H2,1-3H3,(H,23,28)(H,24,27). The summed E-state index contributed by atoms with van der Waals surface area (Å²) in [7, 11) is 5.41. The molecule has 2 amide bonds. The molecule has 0 radical (unpaired) electrons. The molecule has 2 aromatic rings. The summed E-state index contributed by atoms with van der Waals surface area (Å²) in [5.41, 5.74) is 0.621. The second kappa shape index (κ2) is 9.58. The van der Waals surface area contributed by atoms with E-state index in [0.717, 1.165) is 24.9 Å². The van der Waals surface area contributed by atoms with Crippen LogP contribution in [0.4, 0.5) is 0 Å². The third-order valence-electron chi connectivity index (χ3n) is 4.79. The summed E-state index contributed by atoms with van der Waals surface area (Å²) in [6.07, 6.45) is 3.41. The predicted molar refractivity (Wildman–Crippen MR) is 114 cm³/mol. The molecule has 1 saturated carbocycles. The summed E-state index contributed by atoms with van der Waals surface area (Å²) in [5.74, 6) is -0.0932. The monoisotopic (exact) mass is 412 g/mol. The SMILES string of the molecule is CNC(=O)c1cc(C(=O)NC2CC2)cn(Cc2cccc(OCCN(C)C)c2)c1=O. The van der Waals surface area contributed by atoms with Crippen molar-refractivity contribution >= 4 is 11.8 Å². The average Bonchev–Trinajstić information content (AvgIpc) is 3.53. The summed E-state index contributed by atoms with van der Waals surface area (Å²) in [5, 5.41) is 5.36. The Kier molecular flexibility index (Phi) is 6.89. The fourth-order valence-electron chi connectivity index (χ4n) is 2.95. The van der Waals surface area contributed by atoms with Gasteiger partial charge < -0.3 is 24.8 Å². The molecule has 0 spiro atoms. The molecule has 1 fully saturated rings. The van der Waals surface area contributed by atoms with Crippen LogP contribution >= 0.6 is 0 Å². The summed E-state index contributed by atoms with van der Waals surface area (Å²) in [6, 6.07) is 8.99. The minimum Gasteiger partial charge on any atom is -0.492 e. The Bertz CT molecular complexity index is 979. The number of hydrogen-bond donors (Lipinski definition) is 2. The Balaban J connectivity index is 1.86. The number of rotatable bonds is 9. The Hall–Kier alpha value is -3.13. The first kappa shape index (κ1) is 21.6. The highest BCUT2D eigenvalue weighted by Gasteiger charge is 2.25. The number of nitrogens with one attached hydrogen (secondary N) is 2. The van der Waals surface area contributed by atoms with Crippen molar-refractivity contribution < 1.29 is 14.3 Å². The number of carbonyl (C=O) groups is 2. The van der Waals surface area contributed by atoms with Crippen LogP contribution in [0.25, 0.3) is 0 Å². The predicted octanol–water partition coefficient (Wildman–Crippen LogP) is 1.09. The van der Waals surface area contributed by atoms with Gasteiger partial charge in [0.05, 0.1) is 12.1 Å². The van der Waals surface area contributed by atoms with Gasteiger partial charge in [-0.25, -0.2) is 0 Å². The van der Waals surface area contributed by atoms with Crippen molar-refractivity contribution in [1.82, 2.24) is 20.1 Å². The summed E-state index contributed by atoms with van der Waals surface area (Å²) in [6.45, 7) is 1.56. The topological polar surface area (TPSA) is 92.7 Å². The zero-order valence-electron chi connectivity index (χ0n) is 17.6. The van der Waals surface area contributed by atoms with E-state index in [2.05, 4.69) is 10.6 Å². The largest absolute Gasteiger partial charge is 0.492 e. The highest BCUT2D eigenvalue weighted by atomic mass is 16.5. The molecule has 1 heterocycles. The summed E-state index contributed by atoms with van der Waals surface area (Å²) >= 11 is 0. The smallest absolute Gasteiger partial charge is 0.263 e. The normalized spacial score (nSPS) is 13.2. The molecular formula is C22H28N4O4. The number of ether oxygens (including phenoxy) is 1. The van der Waals surface area contributed by atoms with E-state index < -0.39 is 11.5 Å². The molecule has 0 unspecified atom stereocenters. The first-order chi connectivity index (χ1) is 14.4. The molecule has 2 N–H and O–H groups in total. The molecule has 8 heteroatoms. The van der Waals surface area contributed by atoms with Crippen LogP contribution in [0.15, 0.2) is 41.3 Å². The van der Waals surface area contributed by atoms with Crippen molar-refractivity contribution in [3.63, 3.8) is 0 Å². The molecule has 1 aliphatic rings. The number of aromatic nitrogens is 1. The van der Waals surface area contributed by atoms with Crippen LogP contribution in [-0.2, 0) is 6.54 Å². The van der Waals surface area contributed by atoms with Gasteiger partial charge >= 0.3 is 0 Å². The molecule has 30 heavy (non-hydrogen) atoms. The number of nitrogens with zero attached hydrogens (tertiary/aromatic N) is 2. The third-order valence-corrected chi connectivity index (χ3v) is 4.79. The highest BCUT2D eigenvalue weighted by molar-refractivity contribution is 5.99. The van der Waals surface area contributed by atoms with Gasteiger partial charge in [-0.1, -0.05) is 12.1 Å². The molecule has 1 aliphatic carbocycles. The molecule has 0 saturated heterocycles. The lowest BCUT2D eigenvalue weighted by molar-refractivity contribution is 0.0950. The van der Waals surface area contributed by atoms with Gasteiger partial charge in [0.25, 0.3) is 17.4 Å². The number of amides is 2. The lowest BCUT2D eigenvalue weighted by atomic mass is 10.1. The van der Waals surface area contributed by atoms with Gasteiger partial charge in [0, 0.05) is 25.8 Å². The number of hydrogen-bond acceptors (Lipinski definition) is 5. The fraction of sp³-hybridized carbons (Fsp3) is 0.409. The molecule has 0 bridgehead atoms. The van der Waals surface area contributed by atoms with Crippen LogP contribution in [0.1, 0.15) is 39.1 Å². The van der Waals surface area contributed by atoms with E-state index in [9.17, 15) is 14.4 Å². The van der Waals surface area contributed by atoms with Crippen LogP contribution in [0.5, 0.6) is 5.75 Å². The summed E-state index contributed by atoms with van der Waals surface area (Å²) < 4.78 is 7.15. The van der Waals surface area contributed by atoms with Gasteiger partial charge in [-0.3, -0.25) is 14.4 Å². The maximum absolute atomic E-state index is 12.8. The van der Waals surface area contributed by atoms with Crippen LogP contribution in [0.2, 0.25) is 0 Å². The number of benzene rings is 1. The van der Waals surface area contributed by atoms with Gasteiger partial charge in [-0.05, 0) is 50.7 Å². The van der Waals surface area contributed by atoms with E-state index in [1.54, 1.807) is 0 Å². The van der Waals surface area contributed by atoms with Crippen LogP contribution in [0.3, 0.4) is 0 Å². The second-order valence-corrected chi connectivity index (χ2v) is 7.70. The fourth-order valence-corrected chi connectivity index (χ4v) is 2.95. The average molecular weight is 412 g/mol. The van der Waals surface area contributed by atoms with E-state index in [0.29, 0.717) is 17.9 Å². The van der Waals surface area contributed by atoms with Crippen molar-refractivity contribution in [2.45, 2.75) is 25.4 Å². The Labute approximate surface area is 175 Å². The highest BCUT2D eigenvalue weighted by Crippen LogP contribution is 2.19. The lowest BCUT2D eigenvalue weighted by Crippen LogP contribution is -2.34. The van der Waals surface area contributed by atoms with Crippen molar-refractivity contribution in [3.8, 4) is 5.75 Å². The van der Waals surface area contributed by atoms with Gasteiger partial charge in [-0.15, -0.1) is 0 Å². The van der Waals surface area contributed by atoms with E-state index in [4.69, 9.17) is 4.74 Å². The minimum atomic E-state index is -0.518. The third kappa shape index (κ3) is 5.70. The first-order valence-corrected chi connectivity index (χ1v) is 10.0. The van der Waals surface area contributed by atoms with Gasteiger partial charge in [0.15, 0.2) is 0 Å². The van der Waals surface area contributed by atoms with Crippen LogP contribution in [-0.4, -0.2) is 61.6 Å². The molecule has 8 nitrogen and oxygen atoms in total. The van der Waals surface area contributed by atoms with Crippen molar-refractivity contribution in [2.75, 3.05) is 34.3 Å². The van der Waals surface area contributed by atoms with E-state index in [1.807, 2.05) is 43.3 Å². The van der Waals surface area contributed by atoms with E-state index in [1.165, 1.54) is 23.9 Å². The molecule has 3 rings (SSSR count). The molecule has 1 aromatic carbocycles. The maximum atomic E-state index is 12.8. The first-order valence-electron chi connectivity index (χ1n) is 10.0. The van der Waals surface area contributed by atoms with Gasteiger partial charge in [-0.2, -0.15) is 0 Å². The Morgan fingerprint density at radius 3 is 2.63 bits per heavy atom. The maximum Gasteiger partial charge on any atom is 0.263 e. The molecule has 0 aliphatic heterocycles. The van der Waals surface area contributed by atoms with E-state index in [-0.39, 0.29) is 24.1 Å². The van der Waals surface area contributed by atoms with Crippen molar-refractivity contribution in [2.24, 2.45) is 0 Å². The lowest BCUT2D eigenvalue weighted by Gasteiger charge is -2.14. The molecule has 1 aromatic heterocycles. The number of pyridine rings is 1. The number of likely N-dealkylation sites (N-methyl/N-ethyl adjacent to an activating group) is 1. The van der Waals surface area contributed by atoms with Gasteiger partial charge in [0.1, 0.15) is 17.9 Å². The molecule has 0 atom stereocenters. The Morgan fingerprint density at radius 2 is 1.97 bits per heavy atom. The molecular weight excluding hydrogens is 384 g/mol. The zero-order chi connectivity index (χ0) is 21.7. The molecule has 160 valence electrons. The minimum absolute atomic E-state index is 0.0562.